The van der Waals surface area contributed by atoms with Gasteiger partial charge in [-0.25, -0.2) is 4.68 Å². The Bertz CT molecular complexity index is 802. The number of nitrogens with one attached hydrogen (secondary N) is 1. The Hall–Kier alpha value is -2.43. The number of nitrogens with zero attached hydrogens (tertiary/aromatic N) is 2. The van der Waals surface area contributed by atoms with Gasteiger partial charge in [0, 0.05) is 23.4 Å². The number of anilines is 1. The predicted molar refractivity (Wildman–Crippen MR) is 109 cm³/mol. The molecule has 146 valence electrons. The number of amides is 1. The third kappa shape index (κ3) is 5.52. The van der Waals surface area contributed by atoms with Crippen LogP contribution in [0.2, 0.25) is 0 Å². The van der Waals surface area contributed by atoms with Crippen LogP contribution in [-0.2, 0) is 11.2 Å². The Balaban J connectivity index is 2.14. The highest BCUT2D eigenvalue weighted by Gasteiger charge is 2.18. The molecule has 27 heavy (non-hydrogen) atoms. The quantitative estimate of drug-likeness (QED) is 0.765. The second-order valence-corrected chi connectivity index (χ2v) is 8.02. The molecule has 1 aromatic heterocycles. The first-order chi connectivity index (χ1) is 12.7. The maximum absolute atomic E-state index is 12.9. The van der Waals surface area contributed by atoms with Crippen molar-refractivity contribution < 1.29 is 9.59 Å². The Kier molecular flexibility index (Phi) is 6.94. The van der Waals surface area contributed by atoms with Gasteiger partial charge in [0.05, 0.1) is 5.69 Å². The van der Waals surface area contributed by atoms with Gasteiger partial charge in [0.2, 0.25) is 5.91 Å². The van der Waals surface area contributed by atoms with Gasteiger partial charge in [-0.15, -0.1) is 0 Å². The highest BCUT2D eigenvalue weighted by atomic mass is 16.2. The normalized spacial score (nSPS) is 11.3. The molecule has 0 aliphatic carbocycles. The Morgan fingerprint density at radius 2 is 1.67 bits per heavy atom. The van der Waals surface area contributed by atoms with Gasteiger partial charge in [-0.1, -0.05) is 27.7 Å². The standard InChI is InChI=1S/C22H31N3O2/c1-14(2)7-12-20-16(5)24-25(17(20)6)22(27)18-8-10-19(11-9-18)23-21(26)13-15(3)4/h8-11,14-15H,7,12-13H2,1-6H3,(H,23,26). The van der Waals surface area contributed by atoms with E-state index in [4.69, 9.17) is 0 Å². The van der Waals surface area contributed by atoms with E-state index in [0.717, 1.165) is 29.8 Å². The first kappa shape index (κ1) is 20.9. The molecule has 1 aromatic carbocycles. The number of benzene rings is 1. The first-order valence-corrected chi connectivity index (χ1v) is 9.68. The van der Waals surface area contributed by atoms with Gasteiger partial charge in [-0.05, 0) is 68.4 Å². The van der Waals surface area contributed by atoms with Crippen molar-refractivity contribution in [3.8, 4) is 0 Å². The van der Waals surface area contributed by atoms with Crippen LogP contribution in [0.25, 0.3) is 0 Å². The lowest BCUT2D eigenvalue weighted by molar-refractivity contribution is -0.116. The van der Waals surface area contributed by atoms with Crippen LogP contribution in [0.3, 0.4) is 0 Å². The Morgan fingerprint density at radius 1 is 1.04 bits per heavy atom. The largest absolute Gasteiger partial charge is 0.326 e. The second-order valence-electron chi connectivity index (χ2n) is 8.02. The molecule has 2 rings (SSSR count). The van der Waals surface area contributed by atoms with Crippen molar-refractivity contribution in [1.82, 2.24) is 9.78 Å². The molecule has 0 radical (unpaired) electrons. The Morgan fingerprint density at radius 3 is 2.22 bits per heavy atom. The molecule has 0 saturated heterocycles. The maximum atomic E-state index is 12.9. The summed E-state index contributed by atoms with van der Waals surface area (Å²) in [4.78, 5) is 24.7. The molecule has 5 nitrogen and oxygen atoms in total. The summed E-state index contributed by atoms with van der Waals surface area (Å²) in [6.45, 7) is 12.3. The summed E-state index contributed by atoms with van der Waals surface area (Å²) < 4.78 is 1.50. The fourth-order valence-corrected chi connectivity index (χ4v) is 3.07. The monoisotopic (exact) mass is 369 g/mol. The minimum Gasteiger partial charge on any atom is -0.326 e. The number of carbonyl (C=O) groups is 2. The summed E-state index contributed by atoms with van der Waals surface area (Å²) >= 11 is 0. The van der Waals surface area contributed by atoms with Crippen LogP contribution < -0.4 is 5.32 Å². The predicted octanol–water partition coefficient (Wildman–Crippen LogP) is 4.76. The van der Waals surface area contributed by atoms with Gasteiger partial charge in [0.1, 0.15) is 0 Å². The molecule has 0 spiro atoms. The molecule has 0 bridgehead atoms. The van der Waals surface area contributed by atoms with Crippen molar-refractivity contribution in [2.45, 2.75) is 60.8 Å². The molecular weight excluding hydrogens is 338 g/mol. The topological polar surface area (TPSA) is 64.0 Å². The SMILES string of the molecule is Cc1nn(C(=O)c2ccc(NC(=O)CC(C)C)cc2)c(C)c1CCC(C)C. The first-order valence-electron chi connectivity index (χ1n) is 9.68. The lowest BCUT2D eigenvalue weighted by atomic mass is 10.0. The molecule has 1 amide bonds. The smallest absolute Gasteiger partial charge is 0.278 e. The number of aryl methyl sites for hydroxylation is 1. The third-order valence-electron chi connectivity index (χ3n) is 4.61. The van der Waals surface area contributed by atoms with E-state index in [1.807, 2.05) is 27.7 Å². The summed E-state index contributed by atoms with van der Waals surface area (Å²) in [6, 6.07) is 6.99. The molecule has 0 fully saturated rings. The summed E-state index contributed by atoms with van der Waals surface area (Å²) in [5.74, 6) is 0.756. The minimum atomic E-state index is -0.147. The van der Waals surface area contributed by atoms with Gasteiger partial charge in [-0.2, -0.15) is 5.10 Å². The number of aromatic nitrogens is 2. The molecular formula is C22H31N3O2. The van der Waals surface area contributed by atoms with Crippen LogP contribution >= 0.6 is 0 Å². The van der Waals surface area contributed by atoms with E-state index in [9.17, 15) is 9.59 Å². The maximum Gasteiger partial charge on any atom is 0.278 e. The van der Waals surface area contributed by atoms with Crippen molar-refractivity contribution in [2.75, 3.05) is 5.32 Å². The minimum absolute atomic E-state index is 0.0163. The molecule has 1 N–H and O–H groups in total. The molecule has 0 atom stereocenters. The lowest BCUT2D eigenvalue weighted by Crippen LogP contribution is -2.16. The van der Waals surface area contributed by atoms with E-state index in [0.29, 0.717) is 29.5 Å². The van der Waals surface area contributed by atoms with E-state index in [1.54, 1.807) is 24.3 Å². The van der Waals surface area contributed by atoms with E-state index >= 15 is 0 Å². The molecule has 0 saturated carbocycles. The fraction of sp³-hybridized carbons (Fsp3) is 0.500. The molecule has 5 heteroatoms. The number of hydrogen-bond acceptors (Lipinski definition) is 3. The van der Waals surface area contributed by atoms with E-state index in [1.165, 1.54) is 4.68 Å². The van der Waals surface area contributed by atoms with Crippen molar-refractivity contribution >= 4 is 17.5 Å². The number of hydrogen-bond donors (Lipinski definition) is 1. The highest BCUT2D eigenvalue weighted by molar-refractivity contribution is 5.97. The fourth-order valence-electron chi connectivity index (χ4n) is 3.07. The van der Waals surface area contributed by atoms with Crippen LogP contribution in [-0.4, -0.2) is 21.6 Å². The third-order valence-corrected chi connectivity index (χ3v) is 4.61. The van der Waals surface area contributed by atoms with Crippen molar-refractivity contribution in [3.63, 3.8) is 0 Å². The van der Waals surface area contributed by atoms with Crippen LogP contribution in [0.15, 0.2) is 24.3 Å². The van der Waals surface area contributed by atoms with Crippen LogP contribution in [0, 0.1) is 25.7 Å². The van der Waals surface area contributed by atoms with Crippen molar-refractivity contribution in [3.05, 3.63) is 46.8 Å². The van der Waals surface area contributed by atoms with Gasteiger partial charge < -0.3 is 5.32 Å². The average Bonchev–Trinajstić information content (AvgIpc) is 2.86. The zero-order chi connectivity index (χ0) is 20.1. The Labute approximate surface area is 162 Å². The van der Waals surface area contributed by atoms with E-state index in [-0.39, 0.29) is 11.8 Å². The lowest BCUT2D eigenvalue weighted by Gasteiger charge is -2.09. The zero-order valence-electron chi connectivity index (χ0n) is 17.3. The summed E-state index contributed by atoms with van der Waals surface area (Å²) in [5, 5.41) is 7.32. The van der Waals surface area contributed by atoms with Gasteiger partial charge in [0.25, 0.3) is 5.91 Å². The second kappa shape index (κ2) is 8.98. The van der Waals surface area contributed by atoms with Crippen LogP contribution in [0.5, 0.6) is 0 Å². The summed E-state index contributed by atoms with van der Waals surface area (Å²) in [7, 11) is 0. The van der Waals surface area contributed by atoms with Crippen molar-refractivity contribution in [2.24, 2.45) is 11.8 Å². The highest BCUT2D eigenvalue weighted by Crippen LogP contribution is 2.19. The average molecular weight is 370 g/mol. The van der Waals surface area contributed by atoms with E-state index in [2.05, 4.69) is 24.3 Å². The molecule has 0 aliphatic rings. The molecule has 2 aromatic rings. The molecule has 0 unspecified atom stereocenters. The summed E-state index contributed by atoms with van der Waals surface area (Å²) in [6.07, 6.45) is 2.49. The summed E-state index contributed by atoms with van der Waals surface area (Å²) in [5.41, 5.74) is 4.24. The van der Waals surface area contributed by atoms with Gasteiger partial charge in [0.15, 0.2) is 0 Å². The van der Waals surface area contributed by atoms with Gasteiger partial charge in [-0.3, -0.25) is 9.59 Å². The van der Waals surface area contributed by atoms with Crippen LogP contribution in [0.1, 0.15) is 67.8 Å². The van der Waals surface area contributed by atoms with Crippen molar-refractivity contribution in [1.29, 1.82) is 0 Å². The molecule has 0 aliphatic heterocycles. The van der Waals surface area contributed by atoms with Crippen LogP contribution in [0.4, 0.5) is 5.69 Å². The number of carbonyl (C=O) groups excluding carboxylic acids is 2. The molecule has 1 heterocycles. The number of rotatable bonds is 7. The zero-order valence-corrected chi connectivity index (χ0v) is 17.3. The van der Waals surface area contributed by atoms with E-state index < -0.39 is 0 Å². The van der Waals surface area contributed by atoms with Gasteiger partial charge >= 0.3 is 0 Å².